The molecule has 4 aromatic rings. The maximum absolute atomic E-state index is 6.47. The molecule has 0 N–H and O–H groups in total. The van der Waals surface area contributed by atoms with E-state index in [1.165, 1.54) is 5.56 Å². The third kappa shape index (κ3) is 6.79. The Kier molecular flexibility index (Phi) is 8.21. The zero-order valence-corrected chi connectivity index (χ0v) is 21.6. The Balaban J connectivity index is 1.15. The maximum Gasteiger partial charge on any atom is 0.187 e. The summed E-state index contributed by atoms with van der Waals surface area (Å²) in [5, 5.41) is 0.734. The number of hydrogen-bond acceptors (Lipinski definition) is 5. The van der Waals surface area contributed by atoms with Gasteiger partial charge in [0.15, 0.2) is 5.79 Å². The smallest absolute Gasteiger partial charge is 0.187 e. The molecule has 1 saturated heterocycles. The zero-order valence-electron chi connectivity index (χ0n) is 20.9. The van der Waals surface area contributed by atoms with Crippen molar-refractivity contribution in [2.45, 2.75) is 37.9 Å². The van der Waals surface area contributed by atoms with Crippen molar-refractivity contribution < 1.29 is 18.9 Å². The van der Waals surface area contributed by atoms with E-state index in [1.807, 2.05) is 47.2 Å². The summed E-state index contributed by atoms with van der Waals surface area (Å²) in [5.41, 5.74) is 4.62. The minimum absolute atomic E-state index is 0.132. The van der Waals surface area contributed by atoms with Gasteiger partial charge in [0.2, 0.25) is 0 Å². The van der Waals surface area contributed by atoms with E-state index in [0.29, 0.717) is 26.4 Å². The van der Waals surface area contributed by atoms with E-state index in [2.05, 4.69) is 41.4 Å². The Bertz CT molecular complexity index is 1240. The number of aryl methyl sites for hydroxylation is 1. The minimum Gasteiger partial charge on any atom is -0.497 e. The van der Waals surface area contributed by atoms with Crippen molar-refractivity contribution in [3.63, 3.8) is 0 Å². The first-order valence-electron chi connectivity index (χ1n) is 12.4. The molecular weight excluding hydrogens is 488 g/mol. The number of aromatic nitrogens is 2. The van der Waals surface area contributed by atoms with Crippen molar-refractivity contribution in [1.29, 1.82) is 0 Å². The van der Waals surface area contributed by atoms with E-state index < -0.39 is 5.79 Å². The molecule has 3 aromatic carbocycles. The lowest BCUT2D eigenvalue weighted by Gasteiger charge is -2.28. The lowest BCUT2D eigenvalue weighted by Crippen LogP contribution is -2.37. The maximum atomic E-state index is 6.47. The molecule has 7 heteroatoms. The van der Waals surface area contributed by atoms with Gasteiger partial charge in [0, 0.05) is 23.8 Å². The summed E-state index contributed by atoms with van der Waals surface area (Å²) in [6.45, 7) is 2.05. The number of hydrogen-bond donors (Lipinski definition) is 0. The average Bonchev–Trinajstić information content (AvgIpc) is 3.59. The number of nitrogens with zero attached hydrogens (tertiary/aromatic N) is 2. The first kappa shape index (κ1) is 25.5. The van der Waals surface area contributed by atoms with Crippen molar-refractivity contribution in [2.24, 2.45) is 0 Å². The van der Waals surface area contributed by atoms with Gasteiger partial charge >= 0.3 is 0 Å². The highest BCUT2D eigenvalue weighted by atomic mass is 35.5. The molecule has 37 heavy (non-hydrogen) atoms. The molecule has 1 aliphatic rings. The normalized spacial score (nSPS) is 19.2. The highest BCUT2D eigenvalue weighted by Crippen LogP contribution is 2.31. The predicted octanol–water partition coefficient (Wildman–Crippen LogP) is 6.17. The Morgan fingerprint density at radius 2 is 1.68 bits per heavy atom. The lowest BCUT2D eigenvalue weighted by molar-refractivity contribution is -0.187. The van der Waals surface area contributed by atoms with Crippen LogP contribution in [0.25, 0.3) is 11.1 Å². The van der Waals surface area contributed by atoms with Gasteiger partial charge < -0.3 is 23.5 Å². The van der Waals surface area contributed by atoms with Gasteiger partial charge in [0.25, 0.3) is 0 Å². The van der Waals surface area contributed by atoms with Crippen molar-refractivity contribution >= 4 is 11.6 Å². The fourth-order valence-corrected chi connectivity index (χ4v) is 4.65. The number of imidazole rings is 1. The van der Waals surface area contributed by atoms with Gasteiger partial charge in [0.1, 0.15) is 11.9 Å². The third-order valence-corrected chi connectivity index (χ3v) is 6.81. The molecule has 0 radical (unpaired) electrons. The number of halogens is 1. The van der Waals surface area contributed by atoms with Crippen LogP contribution in [0.4, 0.5) is 0 Å². The highest BCUT2D eigenvalue weighted by molar-refractivity contribution is 6.30. The largest absolute Gasteiger partial charge is 0.497 e. The van der Waals surface area contributed by atoms with Gasteiger partial charge in [-0.2, -0.15) is 0 Å². The van der Waals surface area contributed by atoms with Gasteiger partial charge in [-0.3, -0.25) is 0 Å². The fraction of sp³-hybridized carbons (Fsp3) is 0.300. The molecule has 0 saturated carbocycles. The van der Waals surface area contributed by atoms with Crippen LogP contribution in [0.15, 0.2) is 91.5 Å². The van der Waals surface area contributed by atoms with Crippen molar-refractivity contribution in [1.82, 2.24) is 9.55 Å². The number of rotatable bonds is 11. The Morgan fingerprint density at radius 3 is 2.35 bits per heavy atom. The highest BCUT2D eigenvalue weighted by Gasteiger charge is 2.41. The van der Waals surface area contributed by atoms with Crippen LogP contribution in [0.2, 0.25) is 5.02 Å². The van der Waals surface area contributed by atoms with Crippen LogP contribution < -0.4 is 4.74 Å². The van der Waals surface area contributed by atoms with E-state index in [1.54, 1.807) is 19.6 Å². The molecule has 2 unspecified atom stereocenters. The van der Waals surface area contributed by atoms with Crippen LogP contribution in [-0.4, -0.2) is 41.8 Å². The summed E-state index contributed by atoms with van der Waals surface area (Å²) >= 11 is 6.04. The van der Waals surface area contributed by atoms with Crippen LogP contribution >= 0.6 is 11.6 Å². The topological polar surface area (TPSA) is 54.7 Å². The summed E-state index contributed by atoms with van der Waals surface area (Å²) in [6, 6.07) is 24.4. The van der Waals surface area contributed by atoms with E-state index in [0.717, 1.165) is 40.3 Å². The van der Waals surface area contributed by atoms with Crippen molar-refractivity contribution in [3.8, 4) is 16.9 Å². The Morgan fingerprint density at radius 1 is 0.973 bits per heavy atom. The molecule has 0 spiro atoms. The minimum atomic E-state index is -0.728. The van der Waals surface area contributed by atoms with Gasteiger partial charge in [-0.1, -0.05) is 60.1 Å². The lowest BCUT2D eigenvalue weighted by atomic mass is 10.0. The first-order valence-corrected chi connectivity index (χ1v) is 12.8. The van der Waals surface area contributed by atoms with Crippen LogP contribution in [0, 0.1) is 0 Å². The van der Waals surface area contributed by atoms with Crippen LogP contribution in [0.5, 0.6) is 5.75 Å². The van der Waals surface area contributed by atoms with E-state index in [4.69, 9.17) is 30.5 Å². The average molecular weight is 519 g/mol. The predicted molar refractivity (Wildman–Crippen MR) is 144 cm³/mol. The molecule has 2 heterocycles. The monoisotopic (exact) mass is 518 g/mol. The molecule has 6 nitrogen and oxygen atoms in total. The van der Waals surface area contributed by atoms with Gasteiger partial charge in [0.05, 0.1) is 39.8 Å². The zero-order chi connectivity index (χ0) is 25.5. The van der Waals surface area contributed by atoms with Gasteiger partial charge in [-0.25, -0.2) is 4.98 Å². The second-order valence-electron chi connectivity index (χ2n) is 9.26. The Labute approximate surface area is 222 Å². The number of ether oxygens (including phenoxy) is 4. The van der Waals surface area contributed by atoms with Gasteiger partial charge in [-0.05, 0) is 52.9 Å². The quantitative estimate of drug-likeness (QED) is 0.237. The molecule has 0 amide bonds. The summed E-state index contributed by atoms with van der Waals surface area (Å²) in [4.78, 5) is 4.17. The second-order valence-corrected chi connectivity index (χ2v) is 9.70. The van der Waals surface area contributed by atoms with Crippen LogP contribution in [-0.2, 0) is 33.8 Å². The van der Waals surface area contributed by atoms with E-state index in [-0.39, 0.29) is 6.10 Å². The summed E-state index contributed by atoms with van der Waals surface area (Å²) in [7, 11) is 1.67. The summed E-state index contributed by atoms with van der Waals surface area (Å²) < 4.78 is 26.0. The number of methoxy groups -OCH3 is 1. The number of benzene rings is 3. The molecule has 5 rings (SSSR count). The van der Waals surface area contributed by atoms with E-state index >= 15 is 0 Å². The molecular formula is C30H31ClN2O4. The third-order valence-electron chi connectivity index (χ3n) is 6.55. The fourth-order valence-electron chi connectivity index (χ4n) is 4.52. The molecule has 0 bridgehead atoms. The molecule has 192 valence electrons. The van der Waals surface area contributed by atoms with E-state index in [9.17, 15) is 0 Å². The second kappa shape index (κ2) is 11.9. The molecule has 2 atom stereocenters. The molecule has 1 aromatic heterocycles. The van der Waals surface area contributed by atoms with Gasteiger partial charge in [-0.15, -0.1) is 0 Å². The standard InChI is InChI=1S/C30H31ClN2O4/c1-34-28-12-8-26(9-13-28)25-6-2-24(3-7-25)18-35-19-29-20-36-30(37-29,21-33-17-16-32-22-33)15-14-23-4-10-27(31)11-5-23/h2-13,16-17,22,29H,14-15,18-21H2,1H3. The van der Waals surface area contributed by atoms with Crippen molar-refractivity contribution in [3.05, 3.63) is 108 Å². The molecule has 1 fully saturated rings. The summed E-state index contributed by atoms with van der Waals surface area (Å²) in [5.74, 6) is 0.125. The van der Waals surface area contributed by atoms with Crippen LogP contribution in [0.1, 0.15) is 17.5 Å². The van der Waals surface area contributed by atoms with Crippen LogP contribution in [0.3, 0.4) is 0 Å². The van der Waals surface area contributed by atoms with Crippen molar-refractivity contribution in [2.75, 3.05) is 20.3 Å². The molecule has 0 aliphatic carbocycles. The Hall–Kier alpha value is -3.16. The first-order chi connectivity index (χ1) is 18.1. The SMILES string of the molecule is COc1ccc(-c2ccc(COCC3COC(CCc4ccc(Cl)cc4)(Cn4ccnc4)O3)cc2)cc1. The summed E-state index contributed by atoms with van der Waals surface area (Å²) in [6.07, 6.45) is 6.89. The molecule has 1 aliphatic heterocycles.